The molecule has 0 unspecified atom stereocenters. The van der Waals surface area contributed by atoms with E-state index < -0.39 is 0 Å². The lowest BCUT2D eigenvalue weighted by Gasteiger charge is -2.37. The SMILES string of the molecule is CC=CCC[C@H]1CC[C@H](CCCC[C@H]2CC[C@H]([C@H]3CC[C@H](CC)CC3)CC2)CC1. The summed E-state index contributed by atoms with van der Waals surface area (Å²) in [4.78, 5) is 0. The van der Waals surface area contributed by atoms with Gasteiger partial charge in [0.15, 0.2) is 0 Å². The van der Waals surface area contributed by atoms with Crippen molar-refractivity contribution in [2.24, 2.45) is 35.5 Å². The predicted molar refractivity (Wildman–Crippen MR) is 129 cm³/mol. The van der Waals surface area contributed by atoms with Crippen molar-refractivity contribution in [2.75, 3.05) is 0 Å². The zero-order valence-electron chi connectivity index (χ0n) is 20.1. The van der Waals surface area contributed by atoms with Gasteiger partial charge in [0.2, 0.25) is 0 Å². The van der Waals surface area contributed by atoms with Crippen LogP contribution in [0.25, 0.3) is 0 Å². The molecule has 3 aliphatic rings. The van der Waals surface area contributed by atoms with E-state index >= 15 is 0 Å². The van der Waals surface area contributed by atoms with Gasteiger partial charge in [-0.15, -0.1) is 0 Å². The Morgan fingerprint density at radius 2 is 0.966 bits per heavy atom. The van der Waals surface area contributed by atoms with Gasteiger partial charge in [0.25, 0.3) is 0 Å². The van der Waals surface area contributed by atoms with E-state index in [4.69, 9.17) is 0 Å². The second-order valence-electron chi connectivity index (χ2n) is 11.3. The van der Waals surface area contributed by atoms with Crippen molar-refractivity contribution in [3.63, 3.8) is 0 Å². The summed E-state index contributed by atoms with van der Waals surface area (Å²) in [6, 6.07) is 0. The Morgan fingerprint density at radius 1 is 0.552 bits per heavy atom. The summed E-state index contributed by atoms with van der Waals surface area (Å²) in [6.45, 7) is 4.55. The quantitative estimate of drug-likeness (QED) is 0.253. The summed E-state index contributed by atoms with van der Waals surface area (Å²) >= 11 is 0. The minimum Gasteiger partial charge on any atom is -0.0917 e. The van der Waals surface area contributed by atoms with Crippen molar-refractivity contribution in [3.8, 4) is 0 Å². The lowest BCUT2D eigenvalue weighted by atomic mass is 9.68. The lowest BCUT2D eigenvalue weighted by molar-refractivity contribution is 0.141. The third kappa shape index (κ3) is 8.06. The summed E-state index contributed by atoms with van der Waals surface area (Å²) in [5.41, 5.74) is 0. The van der Waals surface area contributed by atoms with E-state index in [0.717, 1.165) is 35.5 Å². The van der Waals surface area contributed by atoms with E-state index in [1.54, 1.807) is 57.8 Å². The third-order valence-electron chi connectivity index (χ3n) is 9.45. The molecule has 0 nitrogen and oxygen atoms in total. The molecule has 3 rings (SSSR count). The fourth-order valence-corrected chi connectivity index (χ4v) is 7.19. The Morgan fingerprint density at radius 3 is 1.41 bits per heavy atom. The molecule has 0 saturated heterocycles. The number of rotatable bonds is 10. The molecule has 0 spiro atoms. The molecule has 0 atom stereocenters. The second kappa shape index (κ2) is 13.2. The summed E-state index contributed by atoms with van der Waals surface area (Å²) < 4.78 is 0. The van der Waals surface area contributed by atoms with Crippen LogP contribution in [0.15, 0.2) is 12.2 Å². The van der Waals surface area contributed by atoms with Crippen LogP contribution in [0.2, 0.25) is 0 Å². The normalized spacial score (nSPS) is 36.5. The van der Waals surface area contributed by atoms with E-state index in [1.165, 1.54) is 64.2 Å². The largest absolute Gasteiger partial charge is 0.0917 e. The average molecular weight is 401 g/mol. The molecule has 0 N–H and O–H groups in total. The molecule has 3 fully saturated rings. The van der Waals surface area contributed by atoms with Crippen LogP contribution in [-0.4, -0.2) is 0 Å². The molecule has 0 aromatic rings. The first-order valence-corrected chi connectivity index (χ1v) is 13.9. The average Bonchev–Trinajstić information content (AvgIpc) is 2.78. The minimum absolute atomic E-state index is 1.04. The number of allylic oxidation sites excluding steroid dienone is 2. The first-order valence-electron chi connectivity index (χ1n) is 13.9. The van der Waals surface area contributed by atoms with Crippen LogP contribution in [0.3, 0.4) is 0 Å². The molecule has 0 heterocycles. The van der Waals surface area contributed by atoms with Crippen LogP contribution in [0.4, 0.5) is 0 Å². The highest BCUT2D eigenvalue weighted by Crippen LogP contribution is 2.43. The smallest absolute Gasteiger partial charge is 0.0348 e. The minimum atomic E-state index is 1.04. The highest BCUT2D eigenvalue weighted by atomic mass is 14.4. The van der Waals surface area contributed by atoms with Gasteiger partial charge in [0.1, 0.15) is 0 Å². The molecule has 0 heteroatoms. The lowest BCUT2D eigenvalue weighted by Crippen LogP contribution is -2.25. The van der Waals surface area contributed by atoms with Crippen molar-refractivity contribution >= 4 is 0 Å². The second-order valence-corrected chi connectivity index (χ2v) is 11.3. The van der Waals surface area contributed by atoms with Gasteiger partial charge in [-0.2, -0.15) is 0 Å². The van der Waals surface area contributed by atoms with Crippen LogP contribution in [0.5, 0.6) is 0 Å². The summed E-state index contributed by atoms with van der Waals surface area (Å²) in [6.07, 6.45) is 33.5. The van der Waals surface area contributed by atoms with Gasteiger partial charge in [-0.05, 0) is 81.0 Å². The summed E-state index contributed by atoms with van der Waals surface area (Å²) in [5.74, 6) is 6.46. The topological polar surface area (TPSA) is 0 Å². The Hall–Kier alpha value is -0.260. The molecule has 0 aromatic heterocycles. The van der Waals surface area contributed by atoms with E-state index in [-0.39, 0.29) is 0 Å². The van der Waals surface area contributed by atoms with E-state index in [0.29, 0.717) is 0 Å². The van der Waals surface area contributed by atoms with Gasteiger partial charge in [0.05, 0.1) is 0 Å². The maximum Gasteiger partial charge on any atom is -0.0348 e. The molecule has 3 aliphatic carbocycles. The number of hydrogen-bond acceptors (Lipinski definition) is 0. The molecule has 0 aliphatic heterocycles. The van der Waals surface area contributed by atoms with Crippen molar-refractivity contribution < 1.29 is 0 Å². The van der Waals surface area contributed by atoms with Gasteiger partial charge in [-0.1, -0.05) is 103 Å². The third-order valence-corrected chi connectivity index (χ3v) is 9.45. The monoisotopic (exact) mass is 400 g/mol. The molecule has 0 amide bonds. The maximum atomic E-state index is 2.40. The van der Waals surface area contributed by atoms with Crippen LogP contribution in [0, 0.1) is 35.5 Å². The zero-order valence-corrected chi connectivity index (χ0v) is 20.1. The molecule has 0 bridgehead atoms. The van der Waals surface area contributed by atoms with Crippen molar-refractivity contribution in [1.29, 1.82) is 0 Å². The van der Waals surface area contributed by atoms with Gasteiger partial charge in [-0.3, -0.25) is 0 Å². The number of hydrogen-bond donors (Lipinski definition) is 0. The van der Waals surface area contributed by atoms with Crippen molar-refractivity contribution in [3.05, 3.63) is 12.2 Å². The Bertz CT molecular complexity index is 425. The molecule has 0 aromatic carbocycles. The highest BCUT2D eigenvalue weighted by molar-refractivity contribution is 4.82. The van der Waals surface area contributed by atoms with Crippen LogP contribution < -0.4 is 0 Å². The molecule has 3 saturated carbocycles. The first kappa shape index (κ1) is 23.4. The first-order chi connectivity index (χ1) is 14.3. The van der Waals surface area contributed by atoms with Gasteiger partial charge >= 0.3 is 0 Å². The molecular formula is C29H52. The van der Waals surface area contributed by atoms with Crippen LogP contribution in [0.1, 0.15) is 136 Å². The van der Waals surface area contributed by atoms with Gasteiger partial charge in [0, 0.05) is 0 Å². The molecule has 0 radical (unpaired) electrons. The summed E-state index contributed by atoms with van der Waals surface area (Å²) in [7, 11) is 0. The molecule has 168 valence electrons. The summed E-state index contributed by atoms with van der Waals surface area (Å²) in [5, 5.41) is 0. The highest BCUT2D eigenvalue weighted by Gasteiger charge is 2.30. The van der Waals surface area contributed by atoms with E-state index in [9.17, 15) is 0 Å². The van der Waals surface area contributed by atoms with Gasteiger partial charge in [-0.25, -0.2) is 0 Å². The molecular weight excluding hydrogens is 348 g/mol. The fraction of sp³-hybridized carbons (Fsp3) is 0.931. The van der Waals surface area contributed by atoms with Gasteiger partial charge < -0.3 is 0 Å². The van der Waals surface area contributed by atoms with Crippen molar-refractivity contribution in [2.45, 2.75) is 136 Å². The van der Waals surface area contributed by atoms with Crippen molar-refractivity contribution in [1.82, 2.24) is 0 Å². The fourth-order valence-electron chi connectivity index (χ4n) is 7.19. The Balaban J connectivity index is 1.19. The Labute approximate surface area is 183 Å². The Kier molecular flexibility index (Phi) is 10.7. The predicted octanol–water partition coefficient (Wildman–Crippen LogP) is 9.73. The van der Waals surface area contributed by atoms with Crippen LogP contribution >= 0.6 is 0 Å². The molecule has 29 heavy (non-hydrogen) atoms. The van der Waals surface area contributed by atoms with E-state index in [1.807, 2.05) is 0 Å². The maximum absolute atomic E-state index is 2.40. The van der Waals surface area contributed by atoms with Crippen LogP contribution in [-0.2, 0) is 0 Å². The van der Waals surface area contributed by atoms with E-state index in [2.05, 4.69) is 26.0 Å². The standard InChI is InChI=1S/C29H52/c1-3-5-6-9-25-12-14-26(15-13-25)10-7-8-11-27-18-22-29(23-19-27)28-20-16-24(4-2)17-21-28/h3,5,24-29H,4,6-23H2,1-2H3/t24-,25-,26-,27-,28-,29-. The zero-order chi connectivity index (χ0) is 20.3. The number of unbranched alkanes of at least 4 members (excludes halogenated alkanes) is 1.